The lowest BCUT2D eigenvalue weighted by molar-refractivity contribution is -0.112. The van der Waals surface area contributed by atoms with Crippen LogP contribution in [0, 0.1) is 0 Å². The summed E-state index contributed by atoms with van der Waals surface area (Å²) in [6, 6.07) is 14.3. The number of aliphatic hydroxyl groups excluding tert-OH is 1. The molecule has 2 aromatic rings. The normalized spacial score (nSPS) is 15.6. The summed E-state index contributed by atoms with van der Waals surface area (Å²) in [7, 11) is -4.39. The summed E-state index contributed by atoms with van der Waals surface area (Å²) in [5, 5.41) is 12.6. The summed E-state index contributed by atoms with van der Waals surface area (Å²) in [6.45, 7) is 0. The van der Waals surface area contributed by atoms with Crippen LogP contribution in [0.1, 0.15) is 5.56 Å². The minimum absolute atomic E-state index is 0.0174. The highest BCUT2D eigenvalue weighted by atomic mass is 32.2. The van der Waals surface area contributed by atoms with Crippen molar-refractivity contribution in [1.29, 1.82) is 0 Å². The maximum atomic E-state index is 12.2. The largest absolute Gasteiger partial charge is 0.505 e. The summed E-state index contributed by atoms with van der Waals surface area (Å²) >= 11 is 0. The van der Waals surface area contributed by atoms with E-state index >= 15 is 0 Å². The zero-order valence-corrected chi connectivity index (χ0v) is 12.0. The van der Waals surface area contributed by atoms with Gasteiger partial charge in [0, 0.05) is 5.69 Å². The minimum atomic E-state index is -4.39. The summed E-state index contributed by atoms with van der Waals surface area (Å²) in [6.07, 6.45) is 0. The fourth-order valence-corrected chi connectivity index (χ4v) is 3.16. The van der Waals surface area contributed by atoms with Crippen molar-refractivity contribution in [2.24, 2.45) is 0 Å². The van der Waals surface area contributed by atoms with Crippen molar-refractivity contribution in [3.63, 3.8) is 0 Å². The SMILES string of the molecule is O=C(Nc1ccccc1)C1=C(O)c2ccccc2OS1(=O)=O. The first-order valence-corrected chi connectivity index (χ1v) is 7.73. The molecular formula is C15H11NO5S. The third kappa shape index (κ3) is 2.42. The standard InChI is InChI=1S/C15H11NO5S/c17-13-11-8-4-5-9-12(11)21-22(19,20)14(13)15(18)16-10-6-2-1-3-7-10/h1-9,17H,(H,16,18). The first-order chi connectivity index (χ1) is 10.5. The Kier molecular flexibility index (Phi) is 3.34. The van der Waals surface area contributed by atoms with E-state index in [2.05, 4.69) is 5.32 Å². The van der Waals surface area contributed by atoms with Gasteiger partial charge in [-0.3, -0.25) is 4.79 Å². The number of amides is 1. The molecular weight excluding hydrogens is 306 g/mol. The number of para-hydroxylation sites is 2. The van der Waals surface area contributed by atoms with Crippen molar-refractivity contribution in [3.8, 4) is 5.75 Å². The van der Waals surface area contributed by atoms with Crippen LogP contribution in [-0.4, -0.2) is 19.4 Å². The molecule has 0 atom stereocenters. The van der Waals surface area contributed by atoms with Gasteiger partial charge in [-0.05, 0) is 24.3 Å². The summed E-state index contributed by atoms with van der Waals surface area (Å²) in [5.41, 5.74) is 0.553. The zero-order chi connectivity index (χ0) is 15.7. The molecule has 7 heteroatoms. The maximum Gasteiger partial charge on any atom is 0.348 e. The van der Waals surface area contributed by atoms with E-state index in [1.807, 2.05) is 0 Å². The lowest BCUT2D eigenvalue weighted by atomic mass is 10.1. The third-order valence-electron chi connectivity index (χ3n) is 3.04. The first-order valence-electron chi connectivity index (χ1n) is 6.32. The fraction of sp³-hybridized carbons (Fsp3) is 0. The molecule has 0 fully saturated rings. The number of aliphatic hydroxyl groups is 1. The van der Waals surface area contributed by atoms with Crippen LogP contribution in [-0.2, 0) is 14.9 Å². The lowest BCUT2D eigenvalue weighted by Crippen LogP contribution is -2.28. The molecule has 1 aliphatic rings. The Morgan fingerprint density at radius 1 is 1.00 bits per heavy atom. The Labute approximate surface area is 126 Å². The van der Waals surface area contributed by atoms with Crippen molar-refractivity contribution in [2.45, 2.75) is 0 Å². The van der Waals surface area contributed by atoms with Crippen molar-refractivity contribution in [3.05, 3.63) is 65.1 Å². The molecule has 0 saturated heterocycles. The number of carbonyl (C=O) groups is 1. The first kappa shape index (κ1) is 14.2. The number of anilines is 1. The highest BCUT2D eigenvalue weighted by Crippen LogP contribution is 2.35. The molecule has 0 unspecified atom stereocenters. The quantitative estimate of drug-likeness (QED) is 0.829. The molecule has 2 aromatic carbocycles. The van der Waals surface area contributed by atoms with E-state index in [0.717, 1.165) is 0 Å². The zero-order valence-electron chi connectivity index (χ0n) is 11.2. The van der Waals surface area contributed by atoms with Gasteiger partial charge in [0.15, 0.2) is 11.5 Å². The number of hydrogen-bond acceptors (Lipinski definition) is 5. The summed E-state index contributed by atoms with van der Waals surface area (Å²) in [5.74, 6) is -1.61. The Hall–Kier alpha value is -2.80. The molecule has 22 heavy (non-hydrogen) atoms. The smallest absolute Gasteiger partial charge is 0.348 e. The predicted molar refractivity (Wildman–Crippen MR) is 80.6 cm³/mol. The van der Waals surface area contributed by atoms with E-state index in [-0.39, 0.29) is 11.3 Å². The molecule has 2 N–H and O–H groups in total. The van der Waals surface area contributed by atoms with Crippen molar-refractivity contribution < 1.29 is 22.5 Å². The molecule has 0 aliphatic carbocycles. The van der Waals surface area contributed by atoms with Crippen LogP contribution in [0.2, 0.25) is 0 Å². The van der Waals surface area contributed by atoms with Gasteiger partial charge in [0.2, 0.25) is 4.91 Å². The molecule has 1 heterocycles. The number of nitrogens with one attached hydrogen (secondary N) is 1. The van der Waals surface area contributed by atoms with E-state index in [0.29, 0.717) is 5.69 Å². The second-order valence-electron chi connectivity index (χ2n) is 4.53. The molecule has 0 spiro atoms. The summed E-state index contributed by atoms with van der Waals surface area (Å²) < 4.78 is 29.0. The van der Waals surface area contributed by atoms with Crippen LogP contribution in [0.3, 0.4) is 0 Å². The van der Waals surface area contributed by atoms with E-state index in [1.165, 1.54) is 12.1 Å². The molecule has 0 radical (unpaired) electrons. The molecule has 1 aliphatic heterocycles. The number of hydrogen-bond donors (Lipinski definition) is 2. The second-order valence-corrected chi connectivity index (χ2v) is 6.01. The molecule has 0 saturated carbocycles. The van der Waals surface area contributed by atoms with Crippen LogP contribution in [0.5, 0.6) is 5.75 Å². The highest BCUT2D eigenvalue weighted by Gasteiger charge is 2.37. The number of carbonyl (C=O) groups excluding carboxylic acids is 1. The maximum absolute atomic E-state index is 12.2. The topological polar surface area (TPSA) is 92.7 Å². The van der Waals surface area contributed by atoms with Gasteiger partial charge in [0.1, 0.15) is 0 Å². The van der Waals surface area contributed by atoms with Crippen molar-refractivity contribution >= 4 is 27.5 Å². The Morgan fingerprint density at radius 3 is 2.36 bits per heavy atom. The average molecular weight is 317 g/mol. The number of benzene rings is 2. The molecule has 6 nitrogen and oxygen atoms in total. The summed E-state index contributed by atoms with van der Waals surface area (Å²) in [4.78, 5) is 11.4. The van der Waals surface area contributed by atoms with Gasteiger partial charge < -0.3 is 14.6 Å². The Balaban J connectivity index is 2.06. The van der Waals surface area contributed by atoms with Gasteiger partial charge in [0.05, 0.1) is 5.56 Å². The monoisotopic (exact) mass is 317 g/mol. The van der Waals surface area contributed by atoms with Crippen LogP contribution in [0.4, 0.5) is 5.69 Å². The third-order valence-corrected chi connectivity index (χ3v) is 4.32. The number of rotatable bonds is 2. The van der Waals surface area contributed by atoms with Crippen molar-refractivity contribution in [1.82, 2.24) is 0 Å². The van der Waals surface area contributed by atoms with Gasteiger partial charge in [-0.15, -0.1) is 0 Å². The molecule has 3 rings (SSSR count). The van der Waals surface area contributed by atoms with Crippen molar-refractivity contribution in [2.75, 3.05) is 5.32 Å². The Bertz CT molecular complexity index is 872. The highest BCUT2D eigenvalue weighted by molar-refractivity contribution is 7.92. The van der Waals surface area contributed by atoms with Gasteiger partial charge in [-0.25, -0.2) is 0 Å². The molecule has 1 amide bonds. The molecule has 0 bridgehead atoms. The average Bonchev–Trinajstić information content (AvgIpc) is 2.47. The minimum Gasteiger partial charge on any atom is -0.505 e. The van der Waals surface area contributed by atoms with E-state index in [9.17, 15) is 18.3 Å². The predicted octanol–water partition coefficient (Wildman–Crippen LogP) is 2.27. The van der Waals surface area contributed by atoms with Crippen LogP contribution in [0.25, 0.3) is 5.76 Å². The number of fused-ring (bicyclic) bond motifs is 1. The van der Waals surface area contributed by atoms with E-state index in [4.69, 9.17) is 4.18 Å². The van der Waals surface area contributed by atoms with E-state index in [1.54, 1.807) is 42.5 Å². The lowest BCUT2D eigenvalue weighted by Gasteiger charge is -2.19. The van der Waals surface area contributed by atoms with Gasteiger partial charge in [-0.2, -0.15) is 8.42 Å². The van der Waals surface area contributed by atoms with Gasteiger partial charge >= 0.3 is 10.1 Å². The van der Waals surface area contributed by atoms with E-state index < -0.39 is 26.7 Å². The van der Waals surface area contributed by atoms with Gasteiger partial charge in [-0.1, -0.05) is 30.3 Å². The molecule has 0 aromatic heterocycles. The Morgan fingerprint density at radius 2 is 1.64 bits per heavy atom. The second kappa shape index (κ2) is 5.19. The van der Waals surface area contributed by atoms with Gasteiger partial charge in [0.25, 0.3) is 5.91 Å². The fourth-order valence-electron chi connectivity index (χ4n) is 2.07. The van der Waals surface area contributed by atoms with Crippen LogP contribution >= 0.6 is 0 Å². The molecule has 112 valence electrons. The van der Waals surface area contributed by atoms with Crippen LogP contribution < -0.4 is 9.50 Å². The van der Waals surface area contributed by atoms with Crippen LogP contribution in [0.15, 0.2) is 59.5 Å².